The molecule has 0 aromatic rings. The molecule has 1 N–H and O–H groups in total. The van der Waals surface area contributed by atoms with E-state index in [1.165, 1.54) is 25.7 Å². The van der Waals surface area contributed by atoms with Crippen LogP contribution >= 0.6 is 0 Å². The summed E-state index contributed by atoms with van der Waals surface area (Å²) in [5.41, 5.74) is -0.573. The van der Waals surface area contributed by atoms with Crippen molar-refractivity contribution >= 4 is 5.97 Å². The summed E-state index contributed by atoms with van der Waals surface area (Å²) in [6.07, 6.45) is 5.57. The topological polar surface area (TPSA) is 40.5 Å². The minimum absolute atomic E-state index is 0.573. The van der Waals surface area contributed by atoms with Gasteiger partial charge in [-0.15, -0.1) is 0 Å². The Labute approximate surface area is 98.8 Å². The van der Waals surface area contributed by atoms with Gasteiger partial charge in [0.1, 0.15) is 0 Å². The van der Waals surface area contributed by atoms with Gasteiger partial charge in [-0.1, -0.05) is 20.3 Å². The summed E-state index contributed by atoms with van der Waals surface area (Å²) in [5.74, 6) is -0.655. The third-order valence-electron chi connectivity index (χ3n) is 3.71. The van der Waals surface area contributed by atoms with Gasteiger partial charge < -0.3 is 5.11 Å². The Hall–Kier alpha value is -0.570. The first-order valence-electron chi connectivity index (χ1n) is 6.51. The van der Waals surface area contributed by atoms with Crippen molar-refractivity contribution < 1.29 is 9.90 Å². The lowest BCUT2D eigenvalue weighted by molar-refractivity contribution is -0.149. The van der Waals surface area contributed by atoms with Crippen LogP contribution in [0.5, 0.6) is 0 Å². The molecule has 0 bridgehead atoms. The molecule has 1 atom stereocenters. The van der Waals surface area contributed by atoms with Gasteiger partial charge in [0.25, 0.3) is 0 Å². The number of carbonyl (C=O) groups is 1. The lowest BCUT2D eigenvalue weighted by Crippen LogP contribution is -2.42. The van der Waals surface area contributed by atoms with Crippen LogP contribution in [0.15, 0.2) is 0 Å². The minimum atomic E-state index is -0.655. The van der Waals surface area contributed by atoms with E-state index in [0.717, 1.165) is 6.54 Å². The Morgan fingerprint density at radius 2 is 2.06 bits per heavy atom. The van der Waals surface area contributed by atoms with E-state index < -0.39 is 11.4 Å². The van der Waals surface area contributed by atoms with Crippen molar-refractivity contribution in [2.45, 2.75) is 58.9 Å². The standard InChI is InChI=1S/C13H25NO2/c1-4-6-9-14(11-7-8-11)10-13(3,5-2)12(15)16/h11H,4-10H2,1-3H3,(H,15,16). The van der Waals surface area contributed by atoms with Crippen LogP contribution < -0.4 is 0 Å². The minimum Gasteiger partial charge on any atom is -0.481 e. The SMILES string of the molecule is CCCCN(CC(C)(CC)C(=O)O)C1CC1. The second-order valence-corrected chi connectivity index (χ2v) is 5.27. The van der Waals surface area contributed by atoms with Crippen molar-refractivity contribution in [3.63, 3.8) is 0 Å². The number of hydrogen-bond acceptors (Lipinski definition) is 2. The van der Waals surface area contributed by atoms with Crippen molar-refractivity contribution in [1.82, 2.24) is 4.90 Å². The molecule has 0 aliphatic heterocycles. The van der Waals surface area contributed by atoms with Gasteiger partial charge in [0, 0.05) is 12.6 Å². The molecule has 1 unspecified atom stereocenters. The highest BCUT2D eigenvalue weighted by Gasteiger charge is 2.38. The Balaban J connectivity index is 2.54. The Bertz CT molecular complexity index is 238. The zero-order chi connectivity index (χ0) is 12.2. The molecule has 0 spiro atoms. The number of unbranched alkanes of at least 4 members (excludes halogenated alkanes) is 1. The molecule has 1 aliphatic carbocycles. The smallest absolute Gasteiger partial charge is 0.310 e. The van der Waals surface area contributed by atoms with Crippen molar-refractivity contribution in [3.8, 4) is 0 Å². The summed E-state index contributed by atoms with van der Waals surface area (Å²) >= 11 is 0. The van der Waals surface area contributed by atoms with Crippen LogP contribution in [0.25, 0.3) is 0 Å². The summed E-state index contributed by atoms with van der Waals surface area (Å²) in [7, 11) is 0. The van der Waals surface area contributed by atoms with Crippen molar-refractivity contribution in [2.75, 3.05) is 13.1 Å². The number of hydrogen-bond donors (Lipinski definition) is 1. The molecular weight excluding hydrogens is 202 g/mol. The molecule has 1 saturated carbocycles. The lowest BCUT2D eigenvalue weighted by Gasteiger charge is -2.31. The highest BCUT2D eigenvalue weighted by atomic mass is 16.4. The number of nitrogens with zero attached hydrogens (tertiary/aromatic N) is 1. The van der Waals surface area contributed by atoms with E-state index in [1.54, 1.807) is 0 Å². The monoisotopic (exact) mass is 227 g/mol. The average Bonchev–Trinajstić information content (AvgIpc) is 3.07. The van der Waals surface area contributed by atoms with Crippen molar-refractivity contribution in [1.29, 1.82) is 0 Å². The van der Waals surface area contributed by atoms with Crippen LogP contribution in [0.3, 0.4) is 0 Å². The molecule has 0 aromatic carbocycles. The third kappa shape index (κ3) is 3.48. The van der Waals surface area contributed by atoms with Crippen molar-refractivity contribution in [2.24, 2.45) is 5.41 Å². The van der Waals surface area contributed by atoms with Gasteiger partial charge >= 0.3 is 5.97 Å². The van der Waals surface area contributed by atoms with Crippen LogP contribution in [0.1, 0.15) is 52.9 Å². The number of carboxylic acid groups (broad SMARTS) is 1. The van der Waals surface area contributed by atoms with E-state index in [9.17, 15) is 9.90 Å². The Kier molecular flexibility index (Phi) is 4.78. The first-order valence-corrected chi connectivity index (χ1v) is 6.51. The molecule has 3 heteroatoms. The third-order valence-corrected chi connectivity index (χ3v) is 3.71. The van der Waals surface area contributed by atoms with Gasteiger partial charge in [0.2, 0.25) is 0 Å². The molecule has 3 nitrogen and oxygen atoms in total. The molecule has 0 saturated heterocycles. The highest BCUT2D eigenvalue weighted by molar-refractivity contribution is 5.74. The Morgan fingerprint density at radius 3 is 2.44 bits per heavy atom. The summed E-state index contributed by atoms with van der Waals surface area (Å²) in [5, 5.41) is 9.28. The zero-order valence-corrected chi connectivity index (χ0v) is 10.8. The van der Waals surface area contributed by atoms with Gasteiger partial charge in [0.15, 0.2) is 0 Å². The van der Waals surface area contributed by atoms with E-state index in [0.29, 0.717) is 19.0 Å². The van der Waals surface area contributed by atoms with Crippen LogP contribution in [0.2, 0.25) is 0 Å². The largest absolute Gasteiger partial charge is 0.481 e. The van der Waals surface area contributed by atoms with Crippen LogP contribution in [-0.4, -0.2) is 35.1 Å². The van der Waals surface area contributed by atoms with Crippen LogP contribution in [-0.2, 0) is 4.79 Å². The summed E-state index contributed by atoms with van der Waals surface area (Å²) in [6.45, 7) is 7.80. The van der Waals surface area contributed by atoms with Gasteiger partial charge in [-0.2, -0.15) is 0 Å². The second kappa shape index (κ2) is 5.67. The van der Waals surface area contributed by atoms with E-state index in [4.69, 9.17) is 0 Å². The first kappa shape index (κ1) is 13.5. The number of carboxylic acids is 1. The quantitative estimate of drug-likeness (QED) is 0.693. The van der Waals surface area contributed by atoms with E-state index in [2.05, 4.69) is 11.8 Å². The fraction of sp³-hybridized carbons (Fsp3) is 0.923. The number of aliphatic carboxylic acids is 1. The average molecular weight is 227 g/mol. The summed E-state index contributed by atoms with van der Waals surface area (Å²) in [4.78, 5) is 13.7. The van der Waals surface area contributed by atoms with E-state index in [-0.39, 0.29) is 0 Å². The maximum absolute atomic E-state index is 11.3. The predicted molar refractivity (Wildman–Crippen MR) is 65.5 cm³/mol. The molecule has 16 heavy (non-hydrogen) atoms. The summed E-state index contributed by atoms with van der Waals surface area (Å²) in [6, 6.07) is 0.664. The second-order valence-electron chi connectivity index (χ2n) is 5.27. The molecule has 1 rings (SSSR count). The van der Waals surface area contributed by atoms with E-state index in [1.807, 2.05) is 13.8 Å². The maximum Gasteiger partial charge on any atom is 0.310 e. The lowest BCUT2D eigenvalue weighted by atomic mass is 9.87. The van der Waals surface area contributed by atoms with E-state index >= 15 is 0 Å². The maximum atomic E-state index is 11.3. The molecule has 0 radical (unpaired) electrons. The predicted octanol–water partition coefficient (Wildman–Crippen LogP) is 2.75. The first-order chi connectivity index (χ1) is 7.53. The summed E-state index contributed by atoms with van der Waals surface area (Å²) < 4.78 is 0. The molecule has 0 amide bonds. The number of rotatable bonds is 8. The molecule has 1 fully saturated rings. The zero-order valence-electron chi connectivity index (χ0n) is 10.8. The molecule has 1 aliphatic rings. The molecule has 0 heterocycles. The van der Waals surface area contributed by atoms with Crippen LogP contribution in [0, 0.1) is 5.41 Å². The van der Waals surface area contributed by atoms with Crippen LogP contribution in [0.4, 0.5) is 0 Å². The molecule has 0 aromatic heterocycles. The van der Waals surface area contributed by atoms with Gasteiger partial charge in [0.05, 0.1) is 5.41 Å². The molecular formula is C13H25NO2. The van der Waals surface area contributed by atoms with Crippen molar-refractivity contribution in [3.05, 3.63) is 0 Å². The molecule has 94 valence electrons. The fourth-order valence-electron chi connectivity index (χ4n) is 1.97. The normalized spacial score (nSPS) is 19.8. The van der Waals surface area contributed by atoms with Gasteiger partial charge in [-0.05, 0) is 39.2 Å². The highest BCUT2D eigenvalue weighted by Crippen LogP contribution is 2.32. The van der Waals surface area contributed by atoms with Gasteiger partial charge in [-0.25, -0.2) is 0 Å². The fourth-order valence-corrected chi connectivity index (χ4v) is 1.97. The Morgan fingerprint density at radius 1 is 1.44 bits per heavy atom. The van der Waals surface area contributed by atoms with Gasteiger partial charge in [-0.3, -0.25) is 9.69 Å².